The lowest BCUT2D eigenvalue weighted by molar-refractivity contribution is 0.178. The molecule has 0 radical (unpaired) electrons. The van der Waals surface area contributed by atoms with Gasteiger partial charge in [-0.1, -0.05) is 19.0 Å². The van der Waals surface area contributed by atoms with E-state index in [1.54, 1.807) is 0 Å². The highest BCUT2D eigenvalue weighted by Gasteiger charge is 2.19. The highest BCUT2D eigenvalue weighted by molar-refractivity contribution is 4.92. The molecule has 90 valence electrons. The zero-order valence-electron chi connectivity index (χ0n) is 10.0. The van der Waals surface area contributed by atoms with Crippen LogP contribution in [0.2, 0.25) is 0 Å². The van der Waals surface area contributed by atoms with Crippen LogP contribution in [-0.2, 0) is 6.54 Å². The number of likely N-dealkylation sites (tertiary alicyclic amines) is 1. The predicted molar refractivity (Wildman–Crippen MR) is 60.9 cm³/mol. The molecule has 16 heavy (non-hydrogen) atoms. The van der Waals surface area contributed by atoms with E-state index in [2.05, 4.69) is 28.9 Å². The average Bonchev–Trinajstić information content (AvgIpc) is 2.66. The second kappa shape index (κ2) is 4.93. The van der Waals surface area contributed by atoms with Crippen molar-refractivity contribution in [3.8, 4) is 0 Å². The number of aromatic nitrogens is 2. The first-order valence-corrected chi connectivity index (χ1v) is 5.95. The Morgan fingerprint density at radius 3 is 3.00 bits per heavy atom. The molecule has 0 amide bonds. The molecule has 0 bridgehead atoms. The van der Waals surface area contributed by atoms with Crippen molar-refractivity contribution in [2.24, 2.45) is 5.73 Å². The Balaban J connectivity index is 1.92. The third-order valence-electron chi connectivity index (χ3n) is 2.90. The van der Waals surface area contributed by atoms with Gasteiger partial charge in [-0.25, -0.2) is 0 Å². The quantitative estimate of drug-likeness (QED) is 0.833. The van der Waals surface area contributed by atoms with Crippen molar-refractivity contribution in [3.63, 3.8) is 0 Å². The molecule has 0 aliphatic carbocycles. The van der Waals surface area contributed by atoms with Crippen molar-refractivity contribution in [2.75, 3.05) is 13.1 Å². The zero-order chi connectivity index (χ0) is 11.5. The van der Waals surface area contributed by atoms with E-state index in [4.69, 9.17) is 10.3 Å². The van der Waals surface area contributed by atoms with Gasteiger partial charge in [0, 0.05) is 18.5 Å². The van der Waals surface area contributed by atoms with Crippen LogP contribution in [0.15, 0.2) is 4.52 Å². The monoisotopic (exact) mass is 224 g/mol. The maximum absolute atomic E-state index is 5.92. The molecule has 1 aliphatic rings. The van der Waals surface area contributed by atoms with Crippen molar-refractivity contribution in [1.29, 1.82) is 0 Å². The zero-order valence-corrected chi connectivity index (χ0v) is 10.0. The lowest BCUT2D eigenvalue weighted by Crippen LogP contribution is -2.42. The van der Waals surface area contributed by atoms with Crippen LogP contribution in [0.3, 0.4) is 0 Å². The maximum atomic E-state index is 5.92. The molecule has 2 heterocycles. The van der Waals surface area contributed by atoms with E-state index in [9.17, 15) is 0 Å². The first kappa shape index (κ1) is 11.5. The Bertz CT molecular complexity index is 336. The summed E-state index contributed by atoms with van der Waals surface area (Å²) in [5, 5.41) is 3.96. The fourth-order valence-electron chi connectivity index (χ4n) is 1.99. The van der Waals surface area contributed by atoms with Gasteiger partial charge in [0.05, 0.1) is 6.54 Å². The topological polar surface area (TPSA) is 68.2 Å². The molecule has 0 saturated carbocycles. The van der Waals surface area contributed by atoms with E-state index in [1.165, 1.54) is 0 Å². The van der Waals surface area contributed by atoms with Crippen molar-refractivity contribution < 1.29 is 4.52 Å². The summed E-state index contributed by atoms with van der Waals surface area (Å²) in [6.07, 6.45) is 2.28. The summed E-state index contributed by atoms with van der Waals surface area (Å²) in [4.78, 5) is 6.65. The molecule has 0 aromatic carbocycles. The molecule has 1 aromatic rings. The highest BCUT2D eigenvalue weighted by Crippen LogP contribution is 2.14. The van der Waals surface area contributed by atoms with E-state index in [1.807, 2.05) is 0 Å². The molecule has 2 rings (SSSR count). The van der Waals surface area contributed by atoms with Gasteiger partial charge in [0.15, 0.2) is 5.82 Å². The Labute approximate surface area is 96.0 Å². The number of hydrogen-bond acceptors (Lipinski definition) is 5. The predicted octanol–water partition coefficient (Wildman–Crippen LogP) is 1.12. The van der Waals surface area contributed by atoms with Crippen LogP contribution in [0.4, 0.5) is 0 Å². The number of rotatable bonds is 3. The van der Waals surface area contributed by atoms with E-state index in [0.717, 1.165) is 38.3 Å². The Kier molecular flexibility index (Phi) is 3.56. The minimum atomic E-state index is 0.293. The van der Waals surface area contributed by atoms with Crippen LogP contribution in [0, 0.1) is 0 Å². The lowest BCUT2D eigenvalue weighted by atomic mass is 10.1. The standard InChI is InChI=1S/C11H20N4O/c1-8(2)11-13-10(16-14-11)7-15-5-3-4-9(12)6-15/h8-9H,3-7,12H2,1-2H3/t9-/m0/s1. The fourth-order valence-corrected chi connectivity index (χ4v) is 1.99. The van der Waals surface area contributed by atoms with E-state index < -0.39 is 0 Å². The summed E-state index contributed by atoms with van der Waals surface area (Å²) in [5.41, 5.74) is 5.92. The normalized spacial score (nSPS) is 22.9. The van der Waals surface area contributed by atoms with Crippen LogP contribution in [-0.4, -0.2) is 34.2 Å². The Morgan fingerprint density at radius 1 is 1.56 bits per heavy atom. The molecule has 1 fully saturated rings. The number of nitrogens with zero attached hydrogens (tertiary/aromatic N) is 3. The minimum Gasteiger partial charge on any atom is -0.338 e. The smallest absolute Gasteiger partial charge is 0.240 e. The Morgan fingerprint density at radius 2 is 2.38 bits per heavy atom. The molecule has 1 aromatic heterocycles. The van der Waals surface area contributed by atoms with Crippen molar-refractivity contribution in [3.05, 3.63) is 11.7 Å². The van der Waals surface area contributed by atoms with Crippen LogP contribution in [0.1, 0.15) is 44.3 Å². The average molecular weight is 224 g/mol. The Hall–Kier alpha value is -0.940. The van der Waals surface area contributed by atoms with Crippen LogP contribution in [0.5, 0.6) is 0 Å². The second-order valence-corrected chi connectivity index (χ2v) is 4.84. The second-order valence-electron chi connectivity index (χ2n) is 4.84. The highest BCUT2D eigenvalue weighted by atomic mass is 16.5. The van der Waals surface area contributed by atoms with Gasteiger partial charge in [-0.3, -0.25) is 4.90 Å². The molecule has 1 saturated heterocycles. The van der Waals surface area contributed by atoms with Crippen LogP contribution < -0.4 is 5.73 Å². The molecule has 2 N–H and O–H groups in total. The summed E-state index contributed by atoms with van der Waals surface area (Å²) in [6.45, 7) is 6.86. The number of nitrogens with two attached hydrogens (primary N) is 1. The van der Waals surface area contributed by atoms with Gasteiger partial charge in [0.25, 0.3) is 0 Å². The minimum absolute atomic E-state index is 0.293. The maximum Gasteiger partial charge on any atom is 0.240 e. The summed E-state index contributed by atoms with van der Waals surface area (Å²) in [6, 6.07) is 0.293. The molecule has 1 atom stereocenters. The molecule has 0 unspecified atom stereocenters. The first-order chi connectivity index (χ1) is 7.65. The number of piperidine rings is 1. The SMILES string of the molecule is CC(C)c1noc(CN2CCC[C@H](N)C2)n1. The third-order valence-corrected chi connectivity index (χ3v) is 2.90. The molecule has 5 heteroatoms. The molecular weight excluding hydrogens is 204 g/mol. The van der Waals surface area contributed by atoms with E-state index in [-0.39, 0.29) is 0 Å². The summed E-state index contributed by atoms with van der Waals surface area (Å²) in [7, 11) is 0. The molecule has 1 aliphatic heterocycles. The molecule has 0 spiro atoms. The summed E-state index contributed by atoms with van der Waals surface area (Å²) in [5.74, 6) is 1.82. The van der Waals surface area contributed by atoms with Gasteiger partial charge < -0.3 is 10.3 Å². The van der Waals surface area contributed by atoms with Gasteiger partial charge in [-0.05, 0) is 19.4 Å². The first-order valence-electron chi connectivity index (χ1n) is 5.95. The van der Waals surface area contributed by atoms with Crippen LogP contribution >= 0.6 is 0 Å². The van der Waals surface area contributed by atoms with Crippen molar-refractivity contribution in [2.45, 2.75) is 45.2 Å². The van der Waals surface area contributed by atoms with E-state index in [0.29, 0.717) is 17.9 Å². The molecular formula is C11H20N4O. The number of hydrogen-bond donors (Lipinski definition) is 1. The van der Waals surface area contributed by atoms with E-state index >= 15 is 0 Å². The third kappa shape index (κ3) is 2.80. The fraction of sp³-hybridized carbons (Fsp3) is 0.818. The largest absolute Gasteiger partial charge is 0.338 e. The molecule has 5 nitrogen and oxygen atoms in total. The lowest BCUT2D eigenvalue weighted by Gasteiger charge is -2.29. The van der Waals surface area contributed by atoms with Gasteiger partial charge in [0.2, 0.25) is 5.89 Å². The summed E-state index contributed by atoms with van der Waals surface area (Å²) < 4.78 is 5.22. The van der Waals surface area contributed by atoms with Gasteiger partial charge in [-0.2, -0.15) is 4.98 Å². The summed E-state index contributed by atoms with van der Waals surface area (Å²) >= 11 is 0. The van der Waals surface area contributed by atoms with Gasteiger partial charge >= 0.3 is 0 Å². The van der Waals surface area contributed by atoms with Gasteiger partial charge in [0.1, 0.15) is 0 Å². The van der Waals surface area contributed by atoms with Gasteiger partial charge in [-0.15, -0.1) is 0 Å². The van der Waals surface area contributed by atoms with Crippen molar-refractivity contribution >= 4 is 0 Å². The van der Waals surface area contributed by atoms with Crippen LogP contribution in [0.25, 0.3) is 0 Å². The van der Waals surface area contributed by atoms with Crippen molar-refractivity contribution in [1.82, 2.24) is 15.0 Å².